The van der Waals surface area contributed by atoms with Gasteiger partial charge in [-0.25, -0.2) is 4.98 Å². The SMILES string of the molecule is CC(C)(C)Oc1ccc(C(=O)N2CCOCC2)cn1. The van der Waals surface area contributed by atoms with Gasteiger partial charge >= 0.3 is 0 Å². The lowest BCUT2D eigenvalue weighted by atomic mass is 10.2. The van der Waals surface area contributed by atoms with Gasteiger partial charge in [-0.3, -0.25) is 4.79 Å². The number of carbonyl (C=O) groups excluding carboxylic acids is 1. The highest BCUT2D eigenvalue weighted by Crippen LogP contribution is 2.16. The number of pyridine rings is 1. The van der Waals surface area contributed by atoms with Crippen LogP contribution in [0, 0.1) is 0 Å². The molecule has 0 aromatic carbocycles. The minimum Gasteiger partial charge on any atom is -0.472 e. The zero-order valence-corrected chi connectivity index (χ0v) is 11.7. The number of rotatable bonds is 2. The van der Waals surface area contributed by atoms with E-state index in [2.05, 4.69) is 4.98 Å². The first-order chi connectivity index (χ1) is 8.96. The number of hydrogen-bond donors (Lipinski definition) is 0. The van der Waals surface area contributed by atoms with Crippen molar-refractivity contribution in [1.29, 1.82) is 0 Å². The maximum absolute atomic E-state index is 12.2. The lowest BCUT2D eigenvalue weighted by Crippen LogP contribution is -2.40. The van der Waals surface area contributed by atoms with Crippen molar-refractivity contribution in [3.05, 3.63) is 23.9 Å². The Hall–Kier alpha value is -1.62. The molecule has 1 aliphatic rings. The van der Waals surface area contributed by atoms with E-state index in [9.17, 15) is 4.79 Å². The fourth-order valence-corrected chi connectivity index (χ4v) is 1.83. The standard InChI is InChI=1S/C14H20N2O3/c1-14(2,3)19-12-5-4-11(10-15-12)13(17)16-6-8-18-9-7-16/h4-5,10H,6-9H2,1-3H3. The molecule has 0 N–H and O–H groups in total. The zero-order chi connectivity index (χ0) is 13.9. The molecule has 0 atom stereocenters. The predicted octanol–water partition coefficient (Wildman–Crippen LogP) is 1.73. The number of nitrogens with zero attached hydrogens (tertiary/aromatic N) is 2. The minimum absolute atomic E-state index is 0.00175. The fraction of sp³-hybridized carbons (Fsp3) is 0.571. The molecule has 2 heterocycles. The molecule has 0 aliphatic carbocycles. The molecule has 1 aromatic rings. The van der Waals surface area contributed by atoms with Crippen LogP contribution in [0.2, 0.25) is 0 Å². The third-order valence-electron chi connectivity index (χ3n) is 2.69. The average molecular weight is 264 g/mol. The van der Waals surface area contributed by atoms with Crippen LogP contribution in [0.5, 0.6) is 5.88 Å². The van der Waals surface area contributed by atoms with Gasteiger partial charge in [-0.1, -0.05) is 0 Å². The van der Waals surface area contributed by atoms with Gasteiger partial charge in [-0.2, -0.15) is 0 Å². The van der Waals surface area contributed by atoms with Crippen molar-refractivity contribution in [3.8, 4) is 5.88 Å². The van der Waals surface area contributed by atoms with Crippen molar-refractivity contribution >= 4 is 5.91 Å². The number of amides is 1. The normalized spacial score (nSPS) is 16.3. The number of carbonyl (C=O) groups is 1. The molecule has 104 valence electrons. The van der Waals surface area contributed by atoms with Gasteiger partial charge in [0.2, 0.25) is 5.88 Å². The molecule has 19 heavy (non-hydrogen) atoms. The summed E-state index contributed by atoms with van der Waals surface area (Å²) in [4.78, 5) is 18.1. The van der Waals surface area contributed by atoms with E-state index in [0.717, 1.165) is 0 Å². The highest BCUT2D eigenvalue weighted by Gasteiger charge is 2.19. The number of aromatic nitrogens is 1. The molecule has 5 nitrogen and oxygen atoms in total. The van der Waals surface area contributed by atoms with Crippen LogP contribution < -0.4 is 4.74 Å². The summed E-state index contributed by atoms with van der Waals surface area (Å²) in [5, 5.41) is 0. The highest BCUT2D eigenvalue weighted by molar-refractivity contribution is 5.94. The molecule has 0 bridgehead atoms. The topological polar surface area (TPSA) is 51.7 Å². The molecule has 2 rings (SSSR count). The Morgan fingerprint density at radius 1 is 1.32 bits per heavy atom. The Morgan fingerprint density at radius 3 is 2.53 bits per heavy atom. The largest absolute Gasteiger partial charge is 0.472 e. The summed E-state index contributed by atoms with van der Waals surface area (Å²) >= 11 is 0. The van der Waals surface area contributed by atoms with Gasteiger partial charge in [0.15, 0.2) is 0 Å². The van der Waals surface area contributed by atoms with Crippen LogP contribution in [-0.4, -0.2) is 47.7 Å². The molecular weight excluding hydrogens is 244 g/mol. The second-order valence-electron chi connectivity index (χ2n) is 5.50. The monoisotopic (exact) mass is 264 g/mol. The van der Waals surface area contributed by atoms with Crippen LogP contribution in [0.3, 0.4) is 0 Å². The van der Waals surface area contributed by atoms with Crippen molar-refractivity contribution in [2.45, 2.75) is 26.4 Å². The second-order valence-corrected chi connectivity index (χ2v) is 5.50. The molecule has 1 amide bonds. The Kier molecular flexibility index (Phi) is 4.04. The van der Waals surface area contributed by atoms with Crippen molar-refractivity contribution in [2.24, 2.45) is 0 Å². The van der Waals surface area contributed by atoms with Crippen LogP contribution in [0.15, 0.2) is 18.3 Å². The van der Waals surface area contributed by atoms with E-state index in [0.29, 0.717) is 37.7 Å². The van der Waals surface area contributed by atoms with Gasteiger partial charge in [-0.05, 0) is 26.8 Å². The van der Waals surface area contributed by atoms with Gasteiger partial charge in [-0.15, -0.1) is 0 Å². The summed E-state index contributed by atoms with van der Waals surface area (Å²) in [7, 11) is 0. The van der Waals surface area contributed by atoms with Crippen LogP contribution in [0.4, 0.5) is 0 Å². The number of morpholine rings is 1. The summed E-state index contributed by atoms with van der Waals surface area (Å²) in [5.74, 6) is 0.532. The van der Waals surface area contributed by atoms with E-state index in [4.69, 9.17) is 9.47 Å². The zero-order valence-electron chi connectivity index (χ0n) is 11.7. The molecule has 1 aromatic heterocycles. The van der Waals surface area contributed by atoms with Gasteiger partial charge in [0.1, 0.15) is 5.60 Å². The number of hydrogen-bond acceptors (Lipinski definition) is 4. The molecule has 5 heteroatoms. The van der Waals surface area contributed by atoms with E-state index in [1.807, 2.05) is 20.8 Å². The van der Waals surface area contributed by atoms with Crippen molar-refractivity contribution in [2.75, 3.05) is 26.3 Å². The first kappa shape index (κ1) is 13.8. The Balaban J connectivity index is 2.03. The van der Waals surface area contributed by atoms with Gasteiger partial charge in [0, 0.05) is 25.4 Å². The third-order valence-corrected chi connectivity index (χ3v) is 2.69. The van der Waals surface area contributed by atoms with Crippen LogP contribution in [-0.2, 0) is 4.74 Å². The highest BCUT2D eigenvalue weighted by atomic mass is 16.5. The smallest absolute Gasteiger partial charge is 0.255 e. The fourth-order valence-electron chi connectivity index (χ4n) is 1.83. The van der Waals surface area contributed by atoms with Gasteiger partial charge in [0.05, 0.1) is 18.8 Å². The molecule has 1 saturated heterocycles. The van der Waals surface area contributed by atoms with Crippen molar-refractivity contribution in [3.63, 3.8) is 0 Å². The van der Waals surface area contributed by atoms with E-state index >= 15 is 0 Å². The second kappa shape index (κ2) is 5.57. The Morgan fingerprint density at radius 2 is 2.00 bits per heavy atom. The summed E-state index contributed by atoms with van der Waals surface area (Å²) < 4.78 is 10.9. The Labute approximate surface area is 113 Å². The minimum atomic E-state index is -0.289. The average Bonchev–Trinajstić information content (AvgIpc) is 2.38. The third kappa shape index (κ3) is 3.92. The maximum atomic E-state index is 12.2. The van der Waals surface area contributed by atoms with Crippen LogP contribution >= 0.6 is 0 Å². The van der Waals surface area contributed by atoms with Crippen LogP contribution in [0.25, 0.3) is 0 Å². The first-order valence-electron chi connectivity index (χ1n) is 6.48. The maximum Gasteiger partial charge on any atom is 0.255 e. The Bertz CT molecular complexity index is 431. The summed E-state index contributed by atoms with van der Waals surface area (Å²) in [6, 6.07) is 3.49. The van der Waals surface area contributed by atoms with E-state index < -0.39 is 0 Å². The van der Waals surface area contributed by atoms with Gasteiger partial charge in [0.25, 0.3) is 5.91 Å². The molecular formula is C14H20N2O3. The van der Waals surface area contributed by atoms with Gasteiger partial charge < -0.3 is 14.4 Å². The van der Waals surface area contributed by atoms with E-state index in [1.165, 1.54) is 0 Å². The predicted molar refractivity (Wildman–Crippen MR) is 71.3 cm³/mol. The molecule has 1 aliphatic heterocycles. The summed E-state index contributed by atoms with van der Waals surface area (Å²) in [6.07, 6.45) is 1.57. The van der Waals surface area contributed by atoms with Crippen molar-refractivity contribution in [1.82, 2.24) is 9.88 Å². The van der Waals surface area contributed by atoms with E-state index in [1.54, 1.807) is 23.2 Å². The molecule has 0 saturated carbocycles. The lowest BCUT2D eigenvalue weighted by Gasteiger charge is -2.26. The quantitative estimate of drug-likeness (QED) is 0.816. The summed E-state index contributed by atoms with van der Waals surface area (Å²) in [5.41, 5.74) is 0.297. The van der Waals surface area contributed by atoms with Crippen molar-refractivity contribution < 1.29 is 14.3 Å². The lowest BCUT2D eigenvalue weighted by molar-refractivity contribution is 0.0302. The first-order valence-corrected chi connectivity index (χ1v) is 6.48. The van der Waals surface area contributed by atoms with E-state index in [-0.39, 0.29) is 11.5 Å². The number of ether oxygens (including phenoxy) is 2. The molecule has 0 unspecified atom stereocenters. The summed E-state index contributed by atoms with van der Waals surface area (Å²) in [6.45, 7) is 8.36. The molecule has 0 radical (unpaired) electrons. The molecule has 1 fully saturated rings. The van der Waals surface area contributed by atoms with Crippen LogP contribution in [0.1, 0.15) is 31.1 Å². The molecule has 0 spiro atoms.